The lowest BCUT2D eigenvalue weighted by Gasteiger charge is -2.21. The summed E-state index contributed by atoms with van der Waals surface area (Å²) in [5, 5.41) is 12.4. The predicted octanol–water partition coefficient (Wildman–Crippen LogP) is 0.851. The van der Waals surface area contributed by atoms with Crippen molar-refractivity contribution in [2.75, 3.05) is 56.1 Å². The van der Waals surface area contributed by atoms with Gasteiger partial charge in [-0.05, 0) is 31.0 Å². The smallest absolute Gasteiger partial charge is 0.231 e. The molecular weight excluding hydrogens is 292 g/mol. The molecule has 1 aromatic rings. The zero-order valence-corrected chi connectivity index (χ0v) is 13.2. The highest BCUT2D eigenvalue weighted by Gasteiger charge is 2.18. The number of aliphatic hydroxyl groups excluding tert-OH is 1. The Bertz CT molecular complexity index is 447. The maximum Gasteiger partial charge on any atom is 0.231 e. The second kappa shape index (κ2) is 8.31. The molecule has 2 heterocycles. The van der Waals surface area contributed by atoms with Crippen LogP contribution in [0.4, 0.5) is 11.9 Å². The molecule has 1 aliphatic rings. The van der Waals surface area contributed by atoms with Crippen LogP contribution in [0.2, 0.25) is 5.28 Å². The number of hydrogen-bond acceptors (Lipinski definition) is 7. The van der Waals surface area contributed by atoms with E-state index in [0.29, 0.717) is 11.9 Å². The van der Waals surface area contributed by atoms with E-state index in [9.17, 15) is 0 Å². The number of halogens is 1. The Morgan fingerprint density at radius 2 is 2.05 bits per heavy atom. The normalized spacial score (nSPS) is 16.8. The lowest BCUT2D eigenvalue weighted by molar-refractivity contribution is 0.204. The summed E-state index contributed by atoms with van der Waals surface area (Å²) < 4.78 is 0. The highest BCUT2D eigenvalue weighted by molar-refractivity contribution is 6.28. The van der Waals surface area contributed by atoms with Gasteiger partial charge in [-0.2, -0.15) is 15.0 Å². The lowest BCUT2D eigenvalue weighted by Crippen LogP contribution is -2.33. The second-order valence-electron chi connectivity index (χ2n) is 5.06. The molecule has 0 aliphatic carbocycles. The molecule has 21 heavy (non-hydrogen) atoms. The van der Waals surface area contributed by atoms with Gasteiger partial charge in [-0.3, -0.25) is 4.90 Å². The van der Waals surface area contributed by atoms with Crippen molar-refractivity contribution in [3.05, 3.63) is 5.28 Å². The Kier molecular flexibility index (Phi) is 6.41. The molecule has 0 saturated carbocycles. The molecule has 1 aromatic heterocycles. The summed E-state index contributed by atoms with van der Waals surface area (Å²) in [6.45, 7) is 7.39. The molecule has 1 aliphatic heterocycles. The maximum atomic E-state index is 9.03. The van der Waals surface area contributed by atoms with E-state index in [1.807, 2.05) is 0 Å². The molecule has 0 spiro atoms. The molecule has 2 rings (SSSR count). The number of anilines is 2. The molecule has 2 N–H and O–H groups in total. The Morgan fingerprint density at radius 3 is 2.81 bits per heavy atom. The van der Waals surface area contributed by atoms with Gasteiger partial charge in [-0.1, -0.05) is 6.92 Å². The quantitative estimate of drug-likeness (QED) is 0.806. The summed E-state index contributed by atoms with van der Waals surface area (Å²) in [6.07, 6.45) is 2.01. The summed E-state index contributed by atoms with van der Waals surface area (Å²) >= 11 is 5.99. The van der Waals surface area contributed by atoms with Gasteiger partial charge in [0.25, 0.3) is 0 Å². The number of nitrogens with one attached hydrogen (secondary N) is 1. The Balaban J connectivity index is 2.04. The van der Waals surface area contributed by atoms with Crippen molar-refractivity contribution in [2.45, 2.75) is 19.8 Å². The van der Waals surface area contributed by atoms with Crippen LogP contribution >= 0.6 is 11.6 Å². The van der Waals surface area contributed by atoms with E-state index < -0.39 is 0 Å². The van der Waals surface area contributed by atoms with Gasteiger partial charge in [-0.15, -0.1) is 0 Å². The summed E-state index contributed by atoms with van der Waals surface area (Å²) in [6, 6.07) is 0. The van der Waals surface area contributed by atoms with E-state index >= 15 is 0 Å². The van der Waals surface area contributed by atoms with Gasteiger partial charge >= 0.3 is 0 Å². The van der Waals surface area contributed by atoms with E-state index in [4.69, 9.17) is 16.7 Å². The van der Waals surface area contributed by atoms with E-state index in [1.165, 1.54) is 0 Å². The van der Waals surface area contributed by atoms with E-state index in [-0.39, 0.29) is 11.9 Å². The van der Waals surface area contributed by atoms with Crippen molar-refractivity contribution in [2.24, 2.45) is 0 Å². The number of β-amino-alcohol motifs (C(OH)–C–C–N with tert-alkyl or cyclic N) is 1. The molecular formula is C13H23ClN6O. The van der Waals surface area contributed by atoms with Gasteiger partial charge < -0.3 is 15.3 Å². The van der Waals surface area contributed by atoms with Crippen LogP contribution in [-0.4, -0.2) is 70.8 Å². The van der Waals surface area contributed by atoms with Crippen molar-refractivity contribution in [3.8, 4) is 0 Å². The van der Waals surface area contributed by atoms with Crippen LogP contribution < -0.4 is 10.2 Å². The maximum absolute atomic E-state index is 9.03. The van der Waals surface area contributed by atoms with Crippen molar-refractivity contribution < 1.29 is 5.11 Å². The molecule has 0 unspecified atom stereocenters. The molecule has 0 amide bonds. The third kappa shape index (κ3) is 4.94. The molecule has 0 atom stereocenters. The Morgan fingerprint density at radius 1 is 1.19 bits per heavy atom. The number of nitrogens with zero attached hydrogens (tertiary/aromatic N) is 5. The minimum Gasteiger partial charge on any atom is -0.395 e. The zero-order chi connectivity index (χ0) is 15.1. The van der Waals surface area contributed by atoms with Crippen LogP contribution in [0, 0.1) is 0 Å². The molecule has 118 valence electrons. The summed E-state index contributed by atoms with van der Waals surface area (Å²) in [7, 11) is 0. The fourth-order valence-corrected chi connectivity index (χ4v) is 2.49. The number of rotatable bonds is 6. The average Bonchev–Trinajstić information content (AvgIpc) is 2.71. The monoisotopic (exact) mass is 314 g/mol. The topological polar surface area (TPSA) is 77.4 Å². The van der Waals surface area contributed by atoms with E-state index in [0.717, 1.165) is 52.1 Å². The highest BCUT2D eigenvalue weighted by Crippen LogP contribution is 2.16. The van der Waals surface area contributed by atoms with E-state index in [1.54, 1.807) is 0 Å². The van der Waals surface area contributed by atoms with Crippen LogP contribution in [0.1, 0.15) is 19.8 Å². The van der Waals surface area contributed by atoms with E-state index in [2.05, 4.69) is 37.0 Å². The van der Waals surface area contributed by atoms with Crippen molar-refractivity contribution in [1.29, 1.82) is 0 Å². The van der Waals surface area contributed by atoms with Gasteiger partial charge in [-0.25, -0.2) is 0 Å². The zero-order valence-electron chi connectivity index (χ0n) is 12.4. The van der Waals surface area contributed by atoms with Crippen LogP contribution in [0.3, 0.4) is 0 Å². The van der Waals surface area contributed by atoms with Crippen molar-refractivity contribution >= 4 is 23.5 Å². The molecule has 1 fully saturated rings. The first-order valence-corrected chi connectivity index (χ1v) is 7.84. The number of aliphatic hydroxyl groups is 1. The van der Waals surface area contributed by atoms with Gasteiger partial charge in [0.05, 0.1) is 6.61 Å². The third-order valence-electron chi connectivity index (χ3n) is 3.42. The van der Waals surface area contributed by atoms with Gasteiger partial charge in [0.2, 0.25) is 17.2 Å². The summed E-state index contributed by atoms with van der Waals surface area (Å²) in [5.74, 6) is 1.16. The fraction of sp³-hybridized carbons (Fsp3) is 0.769. The molecule has 8 heteroatoms. The van der Waals surface area contributed by atoms with Crippen LogP contribution in [-0.2, 0) is 0 Å². The molecule has 0 radical (unpaired) electrons. The number of hydrogen-bond donors (Lipinski definition) is 2. The second-order valence-corrected chi connectivity index (χ2v) is 5.40. The van der Waals surface area contributed by atoms with Gasteiger partial charge in [0.15, 0.2) is 0 Å². The largest absolute Gasteiger partial charge is 0.395 e. The molecule has 1 saturated heterocycles. The minimum absolute atomic E-state index is 0.197. The van der Waals surface area contributed by atoms with Crippen molar-refractivity contribution in [3.63, 3.8) is 0 Å². The lowest BCUT2D eigenvalue weighted by atomic mass is 10.4. The molecule has 7 nitrogen and oxygen atoms in total. The fourth-order valence-electron chi connectivity index (χ4n) is 2.33. The van der Waals surface area contributed by atoms with Gasteiger partial charge in [0.1, 0.15) is 0 Å². The third-order valence-corrected chi connectivity index (χ3v) is 3.59. The van der Waals surface area contributed by atoms with Crippen LogP contribution in [0.5, 0.6) is 0 Å². The first-order chi connectivity index (χ1) is 10.2. The minimum atomic E-state index is 0.197. The summed E-state index contributed by atoms with van der Waals surface area (Å²) in [5.41, 5.74) is 0. The number of aromatic nitrogens is 3. The Hall–Kier alpha value is -1.18. The predicted molar refractivity (Wildman–Crippen MR) is 84.0 cm³/mol. The first-order valence-electron chi connectivity index (χ1n) is 7.46. The Labute approximate surface area is 130 Å². The highest BCUT2D eigenvalue weighted by atomic mass is 35.5. The standard InChI is InChI=1S/C13H23ClN6O/c1-2-4-15-12-16-11(14)17-13(18-12)20-6-3-5-19(7-8-20)9-10-21/h21H,2-10H2,1H3,(H,15,16,17,18). The molecule has 0 aromatic carbocycles. The van der Waals surface area contributed by atoms with Crippen molar-refractivity contribution in [1.82, 2.24) is 19.9 Å². The van der Waals surface area contributed by atoms with Crippen LogP contribution in [0.25, 0.3) is 0 Å². The average molecular weight is 315 g/mol. The van der Waals surface area contributed by atoms with Gasteiger partial charge in [0, 0.05) is 32.7 Å². The molecule has 0 bridgehead atoms. The SMILES string of the molecule is CCCNc1nc(Cl)nc(N2CCCN(CCO)CC2)n1. The van der Waals surface area contributed by atoms with Crippen LogP contribution in [0.15, 0.2) is 0 Å². The summed E-state index contributed by atoms with van der Waals surface area (Å²) in [4.78, 5) is 17.2. The first kappa shape index (κ1) is 16.2.